The Morgan fingerprint density at radius 1 is 1.25 bits per heavy atom. The molecule has 1 atom stereocenters. The van der Waals surface area contributed by atoms with E-state index in [1.807, 2.05) is 13.8 Å². The molecule has 0 saturated heterocycles. The van der Waals surface area contributed by atoms with Crippen LogP contribution in [0.15, 0.2) is 18.2 Å². The lowest BCUT2D eigenvalue weighted by atomic mass is 9.99. The van der Waals surface area contributed by atoms with Gasteiger partial charge >= 0.3 is 0 Å². The van der Waals surface area contributed by atoms with Crippen molar-refractivity contribution in [3.8, 4) is 0 Å². The molecule has 1 aromatic carbocycles. The van der Waals surface area contributed by atoms with E-state index in [4.69, 9.17) is 0 Å². The van der Waals surface area contributed by atoms with E-state index in [1.165, 1.54) is 6.07 Å². The number of hydrogen-bond acceptors (Lipinski definition) is 1. The average molecular weight is 228 g/mol. The van der Waals surface area contributed by atoms with Crippen LogP contribution in [0.3, 0.4) is 0 Å². The molecule has 0 aliphatic carbocycles. The number of rotatable bonds is 5. The zero-order valence-electron chi connectivity index (χ0n) is 9.71. The van der Waals surface area contributed by atoms with Crippen molar-refractivity contribution in [1.82, 2.24) is 0 Å². The second-order valence-electron chi connectivity index (χ2n) is 4.42. The number of halogens is 2. The van der Waals surface area contributed by atoms with E-state index in [-0.39, 0.29) is 12.0 Å². The minimum atomic E-state index is -0.804. The Bertz CT molecular complexity index is 337. The van der Waals surface area contributed by atoms with E-state index in [0.29, 0.717) is 24.8 Å². The number of aliphatic hydroxyl groups is 1. The second kappa shape index (κ2) is 5.94. The van der Waals surface area contributed by atoms with Gasteiger partial charge in [-0.1, -0.05) is 26.0 Å². The van der Waals surface area contributed by atoms with Crippen molar-refractivity contribution in [3.05, 3.63) is 35.4 Å². The maximum absolute atomic E-state index is 13.2. The number of benzene rings is 1. The molecule has 0 spiro atoms. The number of aliphatic hydroxyl groups excluding tert-OH is 1. The summed E-state index contributed by atoms with van der Waals surface area (Å²) in [5.74, 6) is -1.36. The fourth-order valence-corrected chi connectivity index (χ4v) is 1.58. The summed E-state index contributed by atoms with van der Waals surface area (Å²) in [6.07, 6.45) is 1.39. The van der Waals surface area contributed by atoms with Gasteiger partial charge in [-0.05, 0) is 36.8 Å². The van der Waals surface area contributed by atoms with E-state index in [2.05, 4.69) is 0 Å². The zero-order chi connectivity index (χ0) is 12.1. The van der Waals surface area contributed by atoms with Crippen LogP contribution in [0.2, 0.25) is 0 Å². The van der Waals surface area contributed by atoms with Crippen molar-refractivity contribution in [1.29, 1.82) is 0 Å². The van der Waals surface area contributed by atoms with Crippen LogP contribution < -0.4 is 0 Å². The molecule has 1 aromatic rings. The monoisotopic (exact) mass is 228 g/mol. The molecule has 0 heterocycles. The first-order valence-electron chi connectivity index (χ1n) is 5.63. The Morgan fingerprint density at radius 2 is 1.94 bits per heavy atom. The third kappa shape index (κ3) is 3.56. The van der Waals surface area contributed by atoms with Gasteiger partial charge in [0.25, 0.3) is 0 Å². The molecule has 3 heteroatoms. The molecular weight excluding hydrogens is 210 g/mol. The second-order valence-corrected chi connectivity index (χ2v) is 4.42. The summed E-state index contributed by atoms with van der Waals surface area (Å²) >= 11 is 0. The molecule has 0 fully saturated rings. The van der Waals surface area contributed by atoms with Gasteiger partial charge < -0.3 is 5.11 Å². The van der Waals surface area contributed by atoms with Gasteiger partial charge in [-0.25, -0.2) is 8.78 Å². The Morgan fingerprint density at radius 3 is 2.56 bits per heavy atom. The van der Waals surface area contributed by atoms with Crippen molar-refractivity contribution >= 4 is 0 Å². The van der Waals surface area contributed by atoms with Crippen LogP contribution in [-0.2, 0) is 6.42 Å². The van der Waals surface area contributed by atoms with Gasteiger partial charge in [-0.15, -0.1) is 0 Å². The molecule has 0 aromatic heterocycles. The highest BCUT2D eigenvalue weighted by atomic mass is 19.2. The fourth-order valence-electron chi connectivity index (χ4n) is 1.58. The van der Waals surface area contributed by atoms with Crippen molar-refractivity contribution in [2.24, 2.45) is 5.92 Å². The fraction of sp³-hybridized carbons (Fsp3) is 0.538. The van der Waals surface area contributed by atoms with Gasteiger partial charge in [-0.3, -0.25) is 0 Å². The lowest BCUT2D eigenvalue weighted by molar-refractivity contribution is 0.114. The minimum Gasteiger partial charge on any atom is -0.393 e. The van der Waals surface area contributed by atoms with Crippen molar-refractivity contribution < 1.29 is 13.9 Å². The van der Waals surface area contributed by atoms with Gasteiger partial charge in [0.15, 0.2) is 11.6 Å². The normalized spacial score (nSPS) is 13.1. The summed E-state index contributed by atoms with van der Waals surface area (Å²) < 4.78 is 26.1. The number of hydrogen-bond donors (Lipinski definition) is 1. The van der Waals surface area contributed by atoms with Crippen LogP contribution in [-0.4, -0.2) is 11.2 Å². The van der Waals surface area contributed by atoms with E-state index < -0.39 is 11.6 Å². The first kappa shape index (κ1) is 13.1. The molecule has 0 aliphatic heterocycles. The Hall–Kier alpha value is -0.960. The predicted octanol–water partition coefficient (Wildman–Crippen LogP) is 3.30. The zero-order valence-corrected chi connectivity index (χ0v) is 9.71. The van der Waals surface area contributed by atoms with Crippen LogP contribution in [0.1, 0.15) is 32.3 Å². The quantitative estimate of drug-likeness (QED) is 0.819. The van der Waals surface area contributed by atoms with Gasteiger partial charge in [0, 0.05) is 0 Å². The summed E-state index contributed by atoms with van der Waals surface area (Å²) in [6.45, 7) is 3.88. The molecule has 1 rings (SSSR count). The molecule has 0 radical (unpaired) electrons. The van der Waals surface area contributed by atoms with Crippen LogP contribution in [0.25, 0.3) is 0 Å². The highest BCUT2D eigenvalue weighted by molar-refractivity contribution is 5.18. The molecule has 0 saturated carbocycles. The van der Waals surface area contributed by atoms with Crippen molar-refractivity contribution in [3.63, 3.8) is 0 Å². The number of aryl methyl sites for hydroxylation is 1. The molecule has 16 heavy (non-hydrogen) atoms. The molecule has 1 nitrogen and oxygen atoms in total. The smallest absolute Gasteiger partial charge is 0.162 e. The lowest BCUT2D eigenvalue weighted by Crippen LogP contribution is -2.14. The molecule has 1 N–H and O–H groups in total. The highest BCUT2D eigenvalue weighted by Gasteiger charge is 2.11. The van der Waals surface area contributed by atoms with E-state index >= 15 is 0 Å². The van der Waals surface area contributed by atoms with E-state index in [9.17, 15) is 13.9 Å². The predicted molar refractivity (Wildman–Crippen MR) is 60.1 cm³/mol. The van der Waals surface area contributed by atoms with Gasteiger partial charge in [0.1, 0.15) is 0 Å². The summed E-state index contributed by atoms with van der Waals surface area (Å²) in [5.41, 5.74) is 0.385. The van der Waals surface area contributed by atoms with Crippen LogP contribution in [0, 0.1) is 17.6 Å². The van der Waals surface area contributed by atoms with E-state index in [1.54, 1.807) is 6.07 Å². The molecule has 0 bridgehead atoms. The van der Waals surface area contributed by atoms with Crippen molar-refractivity contribution in [2.45, 2.75) is 39.2 Å². The standard InChI is InChI=1S/C13H18F2O/c1-9(2)12(16)8-4-6-10-5-3-7-11(14)13(10)15/h3,5,7,9,12,16H,4,6,8H2,1-2H3. The maximum atomic E-state index is 13.2. The van der Waals surface area contributed by atoms with Crippen LogP contribution in [0.5, 0.6) is 0 Å². The third-order valence-electron chi connectivity index (χ3n) is 2.75. The topological polar surface area (TPSA) is 20.2 Å². The summed E-state index contributed by atoms with van der Waals surface area (Å²) in [6, 6.07) is 4.20. The van der Waals surface area contributed by atoms with Gasteiger partial charge in [0.05, 0.1) is 6.10 Å². The molecular formula is C13H18F2O. The van der Waals surface area contributed by atoms with Gasteiger partial charge in [0.2, 0.25) is 0 Å². The largest absolute Gasteiger partial charge is 0.393 e. The third-order valence-corrected chi connectivity index (χ3v) is 2.75. The summed E-state index contributed by atoms with van der Waals surface area (Å²) in [4.78, 5) is 0. The van der Waals surface area contributed by atoms with Gasteiger partial charge in [-0.2, -0.15) is 0 Å². The average Bonchev–Trinajstić information content (AvgIpc) is 2.24. The highest BCUT2D eigenvalue weighted by Crippen LogP contribution is 2.16. The lowest BCUT2D eigenvalue weighted by Gasteiger charge is -2.13. The molecule has 90 valence electrons. The summed E-state index contributed by atoms with van der Waals surface area (Å²) in [7, 11) is 0. The molecule has 0 amide bonds. The minimum absolute atomic E-state index is 0.206. The Labute approximate surface area is 95.1 Å². The maximum Gasteiger partial charge on any atom is 0.162 e. The Balaban J connectivity index is 2.46. The van der Waals surface area contributed by atoms with Crippen molar-refractivity contribution in [2.75, 3.05) is 0 Å². The molecule has 1 unspecified atom stereocenters. The molecule has 0 aliphatic rings. The Kier molecular flexibility index (Phi) is 4.87. The van der Waals surface area contributed by atoms with Crippen LogP contribution >= 0.6 is 0 Å². The van der Waals surface area contributed by atoms with Crippen LogP contribution in [0.4, 0.5) is 8.78 Å². The SMILES string of the molecule is CC(C)C(O)CCCc1cccc(F)c1F. The first-order valence-corrected chi connectivity index (χ1v) is 5.63. The first-order chi connectivity index (χ1) is 7.52. The van der Waals surface area contributed by atoms with E-state index in [0.717, 1.165) is 6.07 Å². The summed E-state index contributed by atoms with van der Waals surface area (Å²) in [5, 5.41) is 9.56.